The van der Waals surface area contributed by atoms with Gasteiger partial charge in [0.05, 0.1) is 18.3 Å². The molecule has 23 heavy (non-hydrogen) atoms. The fraction of sp³-hybridized carbons (Fsp3) is 0.500. The standard InChI is InChI=1S/C16H21FN4O.ClH/c1-11-6-7-13(17)12(9-11)16-19-14(20-22-16)10-21-8-4-3-5-15(21)18-2;/h6-7,9,15,18H,3-5,8,10H2,1-2H3;1H. The van der Waals surface area contributed by atoms with E-state index < -0.39 is 0 Å². The Morgan fingerprint density at radius 1 is 1.39 bits per heavy atom. The summed E-state index contributed by atoms with van der Waals surface area (Å²) in [4.78, 5) is 6.65. The first-order chi connectivity index (χ1) is 10.7. The molecule has 1 aliphatic rings. The lowest BCUT2D eigenvalue weighted by molar-refractivity contribution is 0.115. The molecule has 1 atom stereocenters. The van der Waals surface area contributed by atoms with Gasteiger partial charge in [0.15, 0.2) is 5.82 Å². The van der Waals surface area contributed by atoms with Crippen molar-refractivity contribution < 1.29 is 8.91 Å². The topological polar surface area (TPSA) is 54.2 Å². The van der Waals surface area contributed by atoms with Gasteiger partial charge < -0.3 is 9.84 Å². The van der Waals surface area contributed by atoms with Gasteiger partial charge >= 0.3 is 0 Å². The number of hydrogen-bond donors (Lipinski definition) is 1. The Kier molecular flexibility index (Phi) is 6.10. The van der Waals surface area contributed by atoms with Crippen LogP contribution in [0.2, 0.25) is 0 Å². The molecule has 0 saturated carbocycles. The monoisotopic (exact) mass is 340 g/mol. The molecule has 0 aliphatic carbocycles. The minimum atomic E-state index is -0.341. The third kappa shape index (κ3) is 4.07. The average Bonchev–Trinajstić information content (AvgIpc) is 2.98. The third-order valence-electron chi connectivity index (χ3n) is 4.11. The molecule has 1 saturated heterocycles. The number of nitrogens with zero attached hydrogens (tertiary/aromatic N) is 3. The normalized spacial score (nSPS) is 18.7. The molecule has 0 bridgehead atoms. The van der Waals surface area contributed by atoms with Crippen LogP contribution in [0.1, 0.15) is 30.7 Å². The second-order valence-corrected chi connectivity index (χ2v) is 5.77. The number of hydrogen-bond acceptors (Lipinski definition) is 5. The molecule has 1 aliphatic heterocycles. The molecule has 2 aromatic rings. The van der Waals surface area contributed by atoms with Crippen LogP contribution in [0.4, 0.5) is 4.39 Å². The largest absolute Gasteiger partial charge is 0.334 e. The number of benzene rings is 1. The van der Waals surface area contributed by atoms with E-state index in [0.717, 1.165) is 18.5 Å². The summed E-state index contributed by atoms with van der Waals surface area (Å²) in [6.45, 7) is 3.53. The average molecular weight is 341 g/mol. The van der Waals surface area contributed by atoms with Gasteiger partial charge in [-0.25, -0.2) is 4.39 Å². The zero-order chi connectivity index (χ0) is 15.5. The number of piperidine rings is 1. The molecule has 2 heterocycles. The summed E-state index contributed by atoms with van der Waals surface area (Å²) >= 11 is 0. The maximum atomic E-state index is 13.9. The molecule has 0 amide bonds. The SMILES string of the molecule is CNC1CCCCN1Cc1noc(-c2cc(C)ccc2F)n1.Cl. The summed E-state index contributed by atoms with van der Waals surface area (Å²) in [7, 11) is 1.97. The third-order valence-corrected chi connectivity index (χ3v) is 4.11. The lowest BCUT2D eigenvalue weighted by atomic mass is 10.1. The Labute approximate surface area is 141 Å². The Hall–Kier alpha value is -1.50. The molecule has 1 unspecified atom stereocenters. The smallest absolute Gasteiger partial charge is 0.260 e. The zero-order valence-electron chi connectivity index (χ0n) is 13.4. The zero-order valence-corrected chi connectivity index (χ0v) is 14.2. The van der Waals surface area contributed by atoms with Crippen molar-refractivity contribution in [2.75, 3.05) is 13.6 Å². The van der Waals surface area contributed by atoms with Crippen LogP contribution in [0.25, 0.3) is 11.5 Å². The van der Waals surface area contributed by atoms with Crippen molar-refractivity contribution in [2.24, 2.45) is 0 Å². The van der Waals surface area contributed by atoms with Crippen LogP contribution in [0.3, 0.4) is 0 Å². The van der Waals surface area contributed by atoms with Crippen LogP contribution in [-0.2, 0) is 6.54 Å². The van der Waals surface area contributed by atoms with Crippen molar-refractivity contribution >= 4 is 12.4 Å². The van der Waals surface area contributed by atoms with Gasteiger partial charge in [0.25, 0.3) is 5.89 Å². The van der Waals surface area contributed by atoms with E-state index >= 15 is 0 Å². The molecule has 0 spiro atoms. The Morgan fingerprint density at radius 3 is 3.00 bits per heavy atom. The van der Waals surface area contributed by atoms with Crippen LogP contribution in [0.15, 0.2) is 22.7 Å². The van der Waals surface area contributed by atoms with Crippen LogP contribution in [0, 0.1) is 12.7 Å². The summed E-state index contributed by atoms with van der Waals surface area (Å²) < 4.78 is 19.1. The van der Waals surface area contributed by atoms with Gasteiger partial charge in [0.1, 0.15) is 5.82 Å². The van der Waals surface area contributed by atoms with Gasteiger partial charge in [0, 0.05) is 6.54 Å². The van der Waals surface area contributed by atoms with E-state index in [-0.39, 0.29) is 24.1 Å². The molecule has 5 nitrogen and oxygen atoms in total. The number of halogens is 2. The summed E-state index contributed by atoms with van der Waals surface area (Å²) in [6.07, 6.45) is 3.86. The maximum Gasteiger partial charge on any atom is 0.260 e. The van der Waals surface area contributed by atoms with Crippen molar-refractivity contribution in [3.05, 3.63) is 35.4 Å². The molecule has 1 aromatic heterocycles. The van der Waals surface area contributed by atoms with E-state index in [2.05, 4.69) is 20.4 Å². The fourth-order valence-electron chi connectivity index (χ4n) is 2.92. The highest BCUT2D eigenvalue weighted by atomic mass is 35.5. The quantitative estimate of drug-likeness (QED) is 0.926. The van der Waals surface area contributed by atoms with Crippen molar-refractivity contribution in [3.63, 3.8) is 0 Å². The molecule has 7 heteroatoms. The second-order valence-electron chi connectivity index (χ2n) is 5.77. The molecule has 1 N–H and O–H groups in total. The van der Waals surface area contributed by atoms with Crippen molar-refractivity contribution in [2.45, 2.75) is 38.9 Å². The number of aryl methyl sites for hydroxylation is 1. The molecule has 0 radical (unpaired) electrons. The van der Waals surface area contributed by atoms with E-state index in [9.17, 15) is 4.39 Å². The highest BCUT2D eigenvalue weighted by Gasteiger charge is 2.23. The van der Waals surface area contributed by atoms with Gasteiger partial charge in [0.2, 0.25) is 0 Å². The Balaban J connectivity index is 0.00000192. The minimum absolute atomic E-state index is 0. The summed E-state index contributed by atoms with van der Waals surface area (Å²) in [6, 6.07) is 4.88. The lowest BCUT2D eigenvalue weighted by Gasteiger charge is -2.34. The molecular formula is C16H22ClFN4O. The number of aromatic nitrogens is 2. The summed E-state index contributed by atoms with van der Waals surface area (Å²) in [5.74, 6) is 0.499. The number of nitrogens with one attached hydrogen (secondary N) is 1. The lowest BCUT2D eigenvalue weighted by Crippen LogP contribution is -2.46. The summed E-state index contributed by atoms with van der Waals surface area (Å²) in [5, 5.41) is 7.31. The second kappa shape index (κ2) is 7.86. The molecule has 126 valence electrons. The first-order valence-corrected chi connectivity index (χ1v) is 7.68. The fourth-order valence-corrected chi connectivity index (χ4v) is 2.92. The van der Waals surface area contributed by atoms with Crippen molar-refractivity contribution in [1.29, 1.82) is 0 Å². The van der Waals surface area contributed by atoms with Crippen molar-refractivity contribution in [1.82, 2.24) is 20.4 Å². The van der Waals surface area contributed by atoms with Crippen LogP contribution >= 0.6 is 12.4 Å². The maximum absolute atomic E-state index is 13.9. The van der Waals surface area contributed by atoms with Crippen LogP contribution in [-0.4, -0.2) is 34.8 Å². The molecular weight excluding hydrogens is 319 g/mol. The van der Waals surface area contributed by atoms with E-state index in [4.69, 9.17) is 4.52 Å². The summed E-state index contributed by atoms with van der Waals surface area (Å²) in [5.41, 5.74) is 1.32. The van der Waals surface area contributed by atoms with Crippen LogP contribution in [0.5, 0.6) is 0 Å². The Morgan fingerprint density at radius 2 is 2.22 bits per heavy atom. The number of rotatable bonds is 4. The minimum Gasteiger partial charge on any atom is -0.334 e. The van der Waals surface area contributed by atoms with E-state index in [1.165, 1.54) is 18.9 Å². The van der Waals surface area contributed by atoms with E-state index in [1.807, 2.05) is 14.0 Å². The van der Waals surface area contributed by atoms with Gasteiger partial charge in [-0.3, -0.25) is 4.90 Å². The van der Waals surface area contributed by atoms with Gasteiger partial charge in [-0.05, 0) is 45.4 Å². The first-order valence-electron chi connectivity index (χ1n) is 7.68. The Bertz CT molecular complexity index is 649. The van der Waals surface area contributed by atoms with Crippen LogP contribution < -0.4 is 5.32 Å². The van der Waals surface area contributed by atoms with E-state index in [1.54, 1.807) is 12.1 Å². The number of likely N-dealkylation sites (tertiary alicyclic amines) is 1. The van der Waals surface area contributed by atoms with Gasteiger partial charge in [-0.1, -0.05) is 16.8 Å². The van der Waals surface area contributed by atoms with E-state index in [0.29, 0.717) is 24.1 Å². The predicted octanol–water partition coefficient (Wildman–Crippen LogP) is 3.14. The van der Waals surface area contributed by atoms with Crippen molar-refractivity contribution in [3.8, 4) is 11.5 Å². The van der Waals surface area contributed by atoms with Gasteiger partial charge in [-0.15, -0.1) is 12.4 Å². The first kappa shape index (κ1) is 17.8. The predicted molar refractivity (Wildman–Crippen MR) is 88.8 cm³/mol. The highest BCUT2D eigenvalue weighted by molar-refractivity contribution is 5.85. The highest BCUT2D eigenvalue weighted by Crippen LogP contribution is 2.23. The molecule has 1 fully saturated rings. The van der Waals surface area contributed by atoms with Gasteiger partial charge in [-0.2, -0.15) is 4.98 Å². The molecule has 1 aromatic carbocycles. The molecule has 3 rings (SSSR count).